The summed E-state index contributed by atoms with van der Waals surface area (Å²) in [7, 11) is -3.64. The summed E-state index contributed by atoms with van der Waals surface area (Å²) in [4.78, 5) is 30.2. The maximum atomic E-state index is 13.3. The zero-order valence-corrected chi connectivity index (χ0v) is 24.7. The lowest BCUT2D eigenvalue weighted by molar-refractivity contribution is -0.142. The van der Waals surface area contributed by atoms with E-state index in [2.05, 4.69) is 10.2 Å². The summed E-state index contributed by atoms with van der Waals surface area (Å²) in [5.41, 5.74) is 0.813. The van der Waals surface area contributed by atoms with Crippen molar-refractivity contribution in [1.29, 1.82) is 0 Å². The maximum absolute atomic E-state index is 13.3. The Morgan fingerprint density at radius 2 is 1.59 bits per heavy atom. The van der Waals surface area contributed by atoms with E-state index < -0.39 is 16.1 Å². The number of nitrogens with zero attached hydrogens (tertiary/aromatic N) is 3. The second kappa shape index (κ2) is 14.9. The topological polar surface area (TPSA) is 118 Å². The van der Waals surface area contributed by atoms with E-state index in [4.69, 9.17) is 25.8 Å². The molecule has 0 unspecified atom stereocenters. The van der Waals surface area contributed by atoms with Crippen molar-refractivity contribution in [3.05, 3.63) is 59.1 Å². The van der Waals surface area contributed by atoms with Crippen LogP contribution in [0.2, 0.25) is 5.02 Å². The van der Waals surface area contributed by atoms with Crippen molar-refractivity contribution in [3.8, 4) is 5.75 Å². The maximum Gasteiger partial charge on any atom is 0.261 e. The van der Waals surface area contributed by atoms with Gasteiger partial charge in [0.15, 0.2) is 6.61 Å². The number of morpholine rings is 2. The smallest absolute Gasteiger partial charge is 0.261 e. The Hall–Kier alpha value is -2.74. The second-order valence-corrected chi connectivity index (χ2v) is 12.2. The number of halogens is 1. The van der Waals surface area contributed by atoms with Gasteiger partial charge in [0.1, 0.15) is 11.8 Å². The zero-order valence-electron chi connectivity index (χ0n) is 23.2. The van der Waals surface area contributed by atoms with E-state index in [1.807, 2.05) is 0 Å². The van der Waals surface area contributed by atoms with Crippen molar-refractivity contribution < 1.29 is 32.2 Å². The molecule has 0 aromatic heterocycles. The highest BCUT2D eigenvalue weighted by atomic mass is 35.5. The summed E-state index contributed by atoms with van der Waals surface area (Å²) in [5, 5.41) is 3.51. The molecule has 0 radical (unpaired) electrons. The molecule has 1 atom stereocenters. The minimum atomic E-state index is -3.64. The fraction of sp³-hybridized carbons (Fsp3) is 0.500. The molecule has 224 valence electrons. The van der Waals surface area contributed by atoms with Gasteiger partial charge in [-0.05, 0) is 48.9 Å². The molecular formula is C28H37ClN4O7S. The normalized spacial score (nSPS) is 17.5. The van der Waals surface area contributed by atoms with E-state index in [0.29, 0.717) is 63.4 Å². The van der Waals surface area contributed by atoms with Crippen molar-refractivity contribution in [1.82, 2.24) is 19.4 Å². The number of hydrogen-bond acceptors (Lipinski definition) is 8. The number of sulfonamides is 1. The van der Waals surface area contributed by atoms with Crippen molar-refractivity contribution >= 4 is 33.4 Å². The van der Waals surface area contributed by atoms with Crippen molar-refractivity contribution in [2.75, 3.05) is 72.3 Å². The van der Waals surface area contributed by atoms with Gasteiger partial charge in [0.2, 0.25) is 15.9 Å². The predicted octanol–water partition coefficient (Wildman–Crippen LogP) is 1.61. The van der Waals surface area contributed by atoms with Crippen LogP contribution in [0.1, 0.15) is 12.5 Å². The molecule has 0 aliphatic carbocycles. The fourth-order valence-corrected chi connectivity index (χ4v) is 6.08. The van der Waals surface area contributed by atoms with Crippen LogP contribution in [-0.2, 0) is 35.6 Å². The molecule has 2 heterocycles. The van der Waals surface area contributed by atoms with Crippen LogP contribution in [0, 0.1) is 0 Å². The van der Waals surface area contributed by atoms with E-state index in [1.165, 1.54) is 33.5 Å². The van der Waals surface area contributed by atoms with Crippen LogP contribution in [0.4, 0.5) is 0 Å². The van der Waals surface area contributed by atoms with Crippen molar-refractivity contribution in [2.45, 2.75) is 24.4 Å². The largest absolute Gasteiger partial charge is 0.484 e. The van der Waals surface area contributed by atoms with Crippen LogP contribution in [-0.4, -0.2) is 113 Å². The van der Waals surface area contributed by atoms with E-state index in [-0.39, 0.29) is 29.9 Å². The summed E-state index contributed by atoms with van der Waals surface area (Å²) in [6.07, 6.45) is 0. The number of amides is 2. The number of rotatable bonds is 12. The Balaban J connectivity index is 1.37. The molecular weight excluding hydrogens is 572 g/mol. The van der Waals surface area contributed by atoms with Crippen molar-refractivity contribution in [3.63, 3.8) is 0 Å². The molecule has 1 N–H and O–H groups in total. The molecule has 2 aliphatic rings. The number of ether oxygens (including phenoxy) is 3. The molecule has 2 aromatic carbocycles. The first kappa shape index (κ1) is 31.2. The van der Waals surface area contributed by atoms with Gasteiger partial charge in [-0.25, -0.2) is 8.42 Å². The summed E-state index contributed by atoms with van der Waals surface area (Å²) >= 11 is 6.02. The molecule has 0 saturated carbocycles. The quantitative estimate of drug-likeness (QED) is 0.386. The Labute approximate surface area is 246 Å². The summed E-state index contributed by atoms with van der Waals surface area (Å²) in [6, 6.07) is 12.3. The van der Waals surface area contributed by atoms with Gasteiger partial charge in [-0.15, -0.1) is 0 Å². The molecule has 11 nitrogen and oxygen atoms in total. The first-order valence-corrected chi connectivity index (χ1v) is 15.5. The summed E-state index contributed by atoms with van der Waals surface area (Å²) < 4.78 is 43.4. The van der Waals surface area contributed by atoms with Crippen LogP contribution < -0.4 is 10.1 Å². The van der Waals surface area contributed by atoms with Crippen LogP contribution in [0.25, 0.3) is 0 Å². The summed E-state index contributed by atoms with van der Waals surface area (Å²) in [6.45, 7) is 7.05. The van der Waals surface area contributed by atoms with Gasteiger partial charge in [0.25, 0.3) is 5.91 Å². The SMILES string of the molecule is C[C@@H](C(=O)NCCN1CCOCC1)N(Cc1ccc(Cl)cc1)C(=O)COc1ccc(S(=O)(=O)N2CCOCC2)cc1. The van der Waals surface area contributed by atoms with Crippen LogP contribution in [0.5, 0.6) is 5.75 Å². The second-order valence-electron chi connectivity index (χ2n) is 9.85. The molecule has 0 bridgehead atoms. The highest BCUT2D eigenvalue weighted by molar-refractivity contribution is 7.89. The van der Waals surface area contributed by atoms with E-state index in [0.717, 1.165) is 18.7 Å². The Kier molecular flexibility index (Phi) is 11.4. The van der Waals surface area contributed by atoms with Gasteiger partial charge in [-0.1, -0.05) is 23.7 Å². The lowest BCUT2D eigenvalue weighted by atomic mass is 10.1. The number of carbonyl (C=O) groups excluding carboxylic acids is 2. The Morgan fingerprint density at radius 1 is 0.976 bits per heavy atom. The first-order chi connectivity index (χ1) is 19.7. The average Bonchev–Trinajstić information content (AvgIpc) is 3.00. The number of nitrogens with one attached hydrogen (secondary N) is 1. The van der Waals surface area contributed by atoms with E-state index in [9.17, 15) is 18.0 Å². The third-order valence-corrected chi connectivity index (χ3v) is 9.22. The number of carbonyl (C=O) groups is 2. The van der Waals surface area contributed by atoms with Gasteiger partial charge < -0.3 is 24.4 Å². The molecule has 13 heteroatoms. The Morgan fingerprint density at radius 3 is 2.22 bits per heavy atom. The van der Waals surface area contributed by atoms with E-state index in [1.54, 1.807) is 31.2 Å². The summed E-state index contributed by atoms with van der Waals surface area (Å²) in [5.74, 6) is -0.313. The lowest BCUT2D eigenvalue weighted by Gasteiger charge is -2.30. The van der Waals surface area contributed by atoms with Gasteiger partial charge in [0, 0.05) is 50.8 Å². The minimum Gasteiger partial charge on any atom is -0.484 e. The first-order valence-electron chi connectivity index (χ1n) is 13.7. The number of hydrogen-bond donors (Lipinski definition) is 1. The molecule has 2 aliphatic heterocycles. The molecule has 0 spiro atoms. The zero-order chi connectivity index (χ0) is 29.2. The van der Waals surface area contributed by atoms with Crippen LogP contribution >= 0.6 is 11.6 Å². The Bertz CT molecular complexity index is 1250. The predicted molar refractivity (Wildman–Crippen MR) is 153 cm³/mol. The van der Waals surface area contributed by atoms with Crippen LogP contribution in [0.15, 0.2) is 53.4 Å². The standard InChI is InChI=1S/C28H37ClN4O7S/c1-22(28(35)30-10-11-31-12-16-38-17-13-31)33(20-23-2-4-24(29)5-3-23)27(34)21-40-25-6-8-26(9-7-25)41(36,37)32-14-18-39-19-15-32/h2-9,22H,10-21H2,1H3,(H,30,35)/t22-/m0/s1. The van der Waals surface area contributed by atoms with Gasteiger partial charge in [0.05, 0.1) is 31.3 Å². The van der Waals surface area contributed by atoms with Gasteiger partial charge >= 0.3 is 0 Å². The van der Waals surface area contributed by atoms with Gasteiger partial charge in [-0.2, -0.15) is 4.31 Å². The average molecular weight is 609 g/mol. The van der Waals surface area contributed by atoms with Crippen molar-refractivity contribution in [2.24, 2.45) is 0 Å². The van der Waals surface area contributed by atoms with Gasteiger partial charge in [-0.3, -0.25) is 14.5 Å². The molecule has 2 amide bonds. The third-order valence-electron chi connectivity index (χ3n) is 7.06. The molecule has 41 heavy (non-hydrogen) atoms. The molecule has 2 aromatic rings. The third kappa shape index (κ3) is 8.87. The minimum absolute atomic E-state index is 0.143. The van der Waals surface area contributed by atoms with E-state index >= 15 is 0 Å². The van der Waals surface area contributed by atoms with Crippen LogP contribution in [0.3, 0.4) is 0 Å². The fourth-order valence-electron chi connectivity index (χ4n) is 4.55. The molecule has 2 fully saturated rings. The number of benzene rings is 2. The highest BCUT2D eigenvalue weighted by Gasteiger charge is 2.28. The highest BCUT2D eigenvalue weighted by Crippen LogP contribution is 2.21. The monoisotopic (exact) mass is 608 g/mol. The molecule has 4 rings (SSSR count). The lowest BCUT2D eigenvalue weighted by Crippen LogP contribution is -2.50. The molecule has 2 saturated heterocycles.